The van der Waals surface area contributed by atoms with Crippen LogP contribution in [0.5, 0.6) is 0 Å². The first kappa shape index (κ1) is 8.45. The number of carbonyl (C=O) groups excluding carboxylic acids is 1. The van der Waals surface area contributed by atoms with Gasteiger partial charge in [-0.1, -0.05) is 0 Å². The molecule has 0 saturated carbocycles. The Balaban J connectivity index is 3.26. The largest absolute Gasteiger partial charge is 0.354 e. The zero-order valence-electron chi connectivity index (χ0n) is 5.42. The lowest BCUT2D eigenvalue weighted by atomic mass is 10.4. The Kier molecular flexibility index (Phi) is 4.72. The molecule has 1 amide bonds. The summed E-state index contributed by atoms with van der Waals surface area (Å²) < 4.78 is 0. The fraction of sp³-hybridized carbons (Fsp3) is 0.500. The topological polar surface area (TPSA) is 76.7 Å². The Morgan fingerprint density at radius 3 is 2.60 bits per heavy atom. The molecule has 10 heavy (non-hydrogen) atoms. The van der Waals surface area contributed by atoms with Gasteiger partial charge < -0.3 is 5.32 Å². The molecule has 0 bridgehead atoms. The molecule has 4 heteroatoms. The van der Waals surface area contributed by atoms with Crippen molar-refractivity contribution < 1.29 is 4.79 Å². The van der Waals surface area contributed by atoms with E-state index in [9.17, 15) is 4.79 Å². The Morgan fingerprint density at radius 2 is 2.10 bits per heavy atom. The maximum absolute atomic E-state index is 10.5. The van der Waals surface area contributed by atoms with Gasteiger partial charge in [0.05, 0.1) is 18.6 Å². The van der Waals surface area contributed by atoms with Crippen LogP contribution in [-0.4, -0.2) is 12.5 Å². The van der Waals surface area contributed by atoms with Gasteiger partial charge >= 0.3 is 0 Å². The molecule has 0 rings (SSSR count). The Morgan fingerprint density at radius 1 is 1.40 bits per heavy atom. The maximum Gasteiger partial charge on any atom is 0.234 e. The first-order valence-electron chi connectivity index (χ1n) is 2.82. The molecule has 0 radical (unpaired) electrons. The minimum Gasteiger partial charge on any atom is -0.354 e. The number of hydrogen-bond donors (Lipinski definition) is 1. The lowest BCUT2D eigenvalue weighted by Crippen LogP contribution is -2.23. The van der Waals surface area contributed by atoms with Crippen molar-refractivity contribution >= 4 is 5.91 Å². The highest BCUT2D eigenvalue weighted by Crippen LogP contribution is 1.76. The van der Waals surface area contributed by atoms with Crippen molar-refractivity contribution in [2.75, 3.05) is 6.54 Å². The molecular formula is C6H7N3O. The lowest BCUT2D eigenvalue weighted by Gasteiger charge is -1.95. The number of amides is 1. The van der Waals surface area contributed by atoms with Gasteiger partial charge in [0.2, 0.25) is 5.91 Å². The van der Waals surface area contributed by atoms with Gasteiger partial charge in [0.25, 0.3) is 0 Å². The zero-order chi connectivity index (χ0) is 7.82. The summed E-state index contributed by atoms with van der Waals surface area (Å²) in [5.74, 6) is -0.322. The van der Waals surface area contributed by atoms with Crippen LogP contribution in [0.15, 0.2) is 0 Å². The molecule has 0 spiro atoms. The molecule has 0 atom stereocenters. The van der Waals surface area contributed by atoms with Gasteiger partial charge in [0.15, 0.2) is 0 Å². The van der Waals surface area contributed by atoms with Crippen LogP contribution in [0.4, 0.5) is 0 Å². The number of rotatable bonds is 3. The van der Waals surface area contributed by atoms with Crippen LogP contribution in [0.25, 0.3) is 0 Å². The van der Waals surface area contributed by atoms with E-state index >= 15 is 0 Å². The Hall–Kier alpha value is -1.55. The molecule has 0 saturated heterocycles. The number of carbonyl (C=O) groups is 1. The second-order valence-electron chi connectivity index (χ2n) is 1.59. The molecule has 0 aliphatic carbocycles. The van der Waals surface area contributed by atoms with Crippen molar-refractivity contribution in [1.29, 1.82) is 10.5 Å². The van der Waals surface area contributed by atoms with Crippen LogP contribution in [0, 0.1) is 22.7 Å². The van der Waals surface area contributed by atoms with E-state index in [1.54, 1.807) is 6.07 Å². The first-order valence-corrected chi connectivity index (χ1v) is 2.82. The van der Waals surface area contributed by atoms with Gasteiger partial charge in [0.1, 0.15) is 6.42 Å². The summed E-state index contributed by atoms with van der Waals surface area (Å²) in [6.07, 6.45) is 0.155. The summed E-state index contributed by atoms with van der Waals surface area (Å²) in [4.78, 5) is 10.5. The third kappa shape index (κ3) is 4.61. The molecule has 0 aromatic heterocycles. The van der Waals surface area contributed by atoms with E-state index in [0.717, 1.165) is 0 Å². The monoisotopic (exact) mass is 137 g/mol. The third-order valence-electron chi connectivity index (χ3n) is 0.799. The minimum atomic E-state index is -0.322. The number of nitrogens with zero attached hydrogens (tertiary/aromatic N) is 2. The summed E-state index contributed by atoms with van der Waals surface area (Å²) in [7, 11) is 0. The van der Waals surface area contributed by atoms with E-state index < -0.39 is 0 Å². The van der Waals surface area contributed by atoms with E-state index in [-0.39, 0.29) is 18.7 Å². The van der Waals surface area contributed by atoms with Crippen LogP contribution in [0.3, 0.4) is 0 Å². The van der Waals surface area contributed by atoms with E-state index in [4.69, 9.17) is 10.5 Å². The second-order valence-corrected chi connectivity index (χ2v) is 1.59. The summed E-state index contributed by atoms with van der Waals surface area (Å²) in [5, 5.41) is 18.5. The number of nitrogens with one attached hydrogen (secondary N) is 1. The zero-order valence-corrected chi connectivity index (χ0v) is 5.42. The van der Waals surface area contributed by atoms with E-state index in [1.165, 1.54) is 0 Å². The fourth-order valence-electron chi connectivity index (χ4n) is 0.392. The van der Waals surface area contributed by atoms with Gasteiger partial charge in [-0.3, -0.25) is 4.79 Å². The van der Waals surface area contributed by atoms with Gasteiger partial charge in [0, 0.05) is 6.54 Å². The van der Waals surface area contributed by atoms with Crippen molar-refractivity contribution in [3.63, 3.8) is 0 Å². The SMILES string of the molecule is N#CCCNC(=O)CC#N. The number of hydrogen-bond acceptors (Lipinski definition) is 3. The van der Waals surface area contributed by atoms with Crippen LogP contribution in [0.1, 0.15) is 12.8 Å². The summed E-state index contributed by atoms with van der Waals surface area (Å²) >= 11 is 0. The highest BCUT2D eigenvalue weighted by Gasteiger charge is 1.95. The molecular weight excluding hydrogens is 130 g/mol. The van der Waals surface area contributed by atoms with Crippen LogP contribution < -0.4 is 5.32 Å². The molecule has 0 aromatic carbocycles. The van der Waals surface area contributed by atoms with Crippen molar-refractivity contribution in [1.82, 2.24) is 5.32 Å². The molecule has 1 N–H and O–H groups in total. The standard InChI is InChI=1S/C6H7N3O/c7-3-1-5-9-6(10)2-4-8/h1-2,5H2,(H,9,10). The van der Waals surface area contributed by atoms with Crippen molar-refractivity contribution in [2.45, 2.75) is 12.8 Å². The van der Waals surface area contributed by atoms with Crippen molar-refractivity contribution in [3.8, 4) is 12.1 Å². The van der Waals surface area contributed by atoms with Gasteiger partial charge in [-0.2, -0.15) is 10.5 Å². The maximum atomic E-state index is 10.5. The van der Waals surface area contributed by atoms with E-state index in [0.29, 0.717) is 6.54 Å². The Labute approximate surface area is 59.1 Å². The van der Waals surface area contributed by atoms with Crippen LogP contribution in [-0.2, 0) is 4.79 Å². The van der Waals surface area contributed by atoms with Crippen LogP contribution in [0.2, 0.25) is 0 Å². The molecule has 0 aliphatic heterocycles. The van der Waals surface area contributed by atoms with Crippen LogP contribution >= 0.6 is 0 Å². The normalized spacial score (nSPS) is 7.40. The molecule has 0 fully saturated rings. The summed E-state index contributed by atoms with van der Waals surface area (Å²) in [5.41, 5.74) is 0. The number of nitriles is 2. The van der Waals surface area contributed by atoms with Gasteiger partial charge in [-0.15, -0.1) is 0 Å². The van der Waals surface area contributed by atoms with Crippen molar-refractivity contribution in [2.24, 2.45) is 0 Å². The van der Waals surface area contributed by atoms with Crippen molar-refractivity contribution in [3.05, 3.63) is 0 Å². The van der Waals surface area contributed by atoms with Gasteiger partial charge in [-0.25, -0.2) is 0 Å². The fourth-order valence-corrected chi connectivity index (χ4v) is 0.392. The average molecular weight is 137 g/mol. The summed E-state index contributed by atoms with van der Waals surface area (Å²) in [6, 6.07) is 3.57. The smallest absolute Gasteiger partial charge is 0.234 e. The highest BCUT2D eigenvalue weighted by molar-refractivity contribution is 5.77. The minimum absolute atomic E-state index is 0.134. The molecule has 0 aromatic rings. The van der Waals surface area contributed by atoms with E-state index in [2.05, 4.69) is 5.32 Å². The predicted octanol–water partition coefficient (Wildman–Crippen LogP) is -0.0700. The predicted molar refractivity (Wildman–Crippen MR) is 33.5 cm³/mol. The molecule has 52 valence electrons. The molecule has 0 aliphatic rings. The lowest BCUT2D eigenvalue weighted by molar-refractivity contribution is -0.120. The average Bonchev–Trinajstić information content (AvgIpc) is 1.89. The summed E-state index contributed by atoms with van der Waals surface area (Å²) in [6.45, 7) is 0.330. The molecule has 4 nitrogen and oxygen atoms in total. The highest BCUT2D eigenvalue weighted by atomic mass is 16.1. The molecule has 0 heterocycles. The first-order chi connectivity index (χ1) is 4.81. The second kappa shape index (κ2) is 5.58. The molecule has 0 unspecified atom stereocenters. The van der Waals surface area contributed by atoms with E-state index in [1.807, 2.05) is 6.07 Å². The third-order valence-corrected chi connectivity index (χ3v) is 0.799. The quantitative estimate of drug-likeness (QED) is 0.553. The van der Waals surface area contributed by atoms with Gasteiger partial charge in [-0.05, 0) is 0 Å². The Bertz CT molecular complexity index is 186.